The first kappa shape index (κ1) is 10.5. The summed E-state index contributed by atoms with van der Waals surface area (Å²) in [4.78, 5) is 9.84. The number of hydrogen-bond donors (Lipinski definition) is 1. The Balaban J connectivity index is 2.03. The number of aryl methyl sites for hydroxylation is 1. The molecule has 0 bridgehead atoms. The molecule has 0 aromatic carbocycles. The van der Waals surface area contributed by atoms with E-state index in [1.54, 1.807) is 11.3 Å². The predicted octanol–water partition coefficient (Wildman–Crippen LogP) is 2.36. The fraction of sp³-hybridized carbons (Fsp3) is 0.455. The van der Waals surface area contributed by atoms with Crippen molar-refractivity contribution < 1.29 is 0 Å². The number of pyridine rings is 1. The van der Waals surface area contributed by atoms with Gasteiger partial charge in [0.05, 0.1) is 5.01 Å². The lowest BCUT2D eigenvalue weighted by atomic mass is 10.1. The highest BCUT2D eigenvalue weighted by atomic mass is 32.1. The van der Waals surface area contributed by atoms with Gasteiger partial charge in [0.25, 0.3) is 0 Å². The average Bonchev–Trinajstić information content (AvgIpc) is 2.59. The van der Waals surface area contributed by atoms with Gasteiger partial charge in [-0.05, 0) is 38.3 Å². The zero-order valence-electron chi connectivity index (χ0n) is 8.81. The molecule has 1 atom stereocenters. The molecule has 0 aliphatic carbocycles. The van der Waals surface area contributed by atoms with Crippen LogP contribution in [0.3, 0.4) is 0 Å². The molecule has 1 unspecified atom stereocenters. The third-order valence-corrected chi connectivity index (χ3v) is 3.30. The minimum Gasteiger partial charge on any atom is -0.328 e. The van der Waals surface area contributed by atoms with E-state index in [1.165, 1.54) is 5.01 Å². The van der Waals surface area contributed by atoms with E-state index < -0.39 is 0 Å². The summed E-state index contributed by atoms with van der Waals surface area (Å²) in [6.07, 6.45) is 5.00. The highest BCUT2D eigenvalue weighted by Gasteiger charge is 2.04. The second-order valence-electron chi connectivity index (χ2n) is 3.80. The van der Waals surface area contributed by atoms with Gasteiger partial charge in [0.2, 0.25) is 0 Å². The molecule has 2 rings (SSSR count). The topological polar surface area (TPSA) is 51.8 Å². The summed E-state index contributed by atoms with van der Waals surface area (Å²) in [7, 11) is 0. The normalized spacial score (nSPS) is 13.2. The summed E-state index contributed by atoms with van der Waals surface area (Å²) in [5.74, 6) is 0. The fourth-order valence-corrected chi connectivity index (χ4v) is 2.44. The quantitative estimate of drug-likeness (QED) is 0.862. The molecule has 2 aromatic rings. The first-order chi connectivity index (χ1) is 7.25. The maximum absolute atomic E-state index is 5.70. The van der Waals surface area contributed by atoms with Crippen LogP contribution in [0.15, 0.2) is 18.3 Å². The van der Waals surface area contributed by atoms with E-state index in [2.05, 4.69) is 9.97 Å². The van der Waals surface area contributed by atoms with E-state index in [9.17, 15) is 0 Å². The second kappa shape index (κ2) is 4.68. The standard InChI is InChI=1S/C11H15N3S/c1-8(12)4-2-6-10-14-9-5-3-7-13-11(9)15-10/h3,5,7-8H,2,4,6,12H2,1H3. The van der Waals surface area contributed by atoms with Crippen LogP contribution in [0.1, 0.15) is 24.8 Å². The van der Waals surface area contributed by atoms with Gasteiger partial charge >= 0.3 is 0 Å². The van der Waals surface area contributed by atoms with E-state index >= 15 is 0 Å². The molecular weight excluding hydrogens is 206 g/mol. The van der Waals surface area contributed by atoms with Crippen molar-refractivity contribution in [3.8, 4) is 0 Å². The predicted molar refractivity (Wildman–Crippen MR) is 64.0 cm³/mol. The lowest BCUT2D eigenvalue weighted by Crippen LogP contribution is -2.14. The Morgan fingerprint density at radius 1 is 1.53 bits per heavy atom. The smallest absolute Gasteiger partial charge is 0.143 e. The first-order valence-electron chi connectivity index (χ1n) is 5.22. The van der Waals surface area contributed by atoms with Crippen LogP contribution < -0.4 is 5.73 Å². The summed E-state index contributed by atoms with van der Waals surface area (Å²) < 4.78 is 0. The maximum Gasteiger partial charge on any atom is 0.143 e. The van der Waals surface area contributed by atoms with Crippen LogP contribution in [0, 0.1) is 0 Å². The van der Waals surface area contributed by atoms with E-state index in [0.29, 0.717) is 0 Å². The van der Waals surface area contributed by atoms with Crippen LogP contribution in [0.2, 0.25) is 0 Å². The van der Waals surface area contributed by atoms with Crippen molar-refractivity contribution in [1.29, 1.82) is 0 Å². The average molecular weight is 221 g/mol. The fourth-order valence-electron chi connectivity index (χ4n) is 1.50. The van der Waals surface area contributed by atoms with Gasteiger partial charge in [0.15, 0.2) is 0 Å². The van der Waals surface area contributed by atoms with Crippen molar-refractivity contribution in [2.24, 2.45) is 5.73 Å². The SMILES string of the molecule is CC(N)CCCc1nc2cccnc2s1. The zero-order valence-corrected chi connectivity index (χ0v) is 9.63. The zero-order chi connectivity index (χ0) is 10.7. The molecule has 2 aromatic heterocycles. The van der Waals surface area contributed by atoms with Crippen molar-refractivity contribution in [1.82, 2.24) is 9.97 Å². The number of thiazole rings is 1. The molecule has 0 saturated carbocycles. The van der Waals surface area contributed by atoms with Crippen LogP contribution in [0.25, 0.3) is 10.3 Å². The summed E-state index contributed by atoms with van der Waals surface area (Å²) in [5, 5.41) is 1.17. The van der Waals surface area contributed by atoms with E-state index in [1.807, 2.05) is 25.3 Å². The van der Waals surface area contributed by atoms with Gasteiger partial charge in [-0.15, -0.1) is 0 Å². The molecule has 3 nitrogen and oxygen atoms in total. The van der Waals surface area contributed by atoms with Crippen molar-refractivity contribution in [3.63, 3.8) is 0 Å². The molecule has 0 aliphatic rings. The number of rotatable bonds is 4. The molecule has 0 fully saturated rings. The van der Waals surface area contributed by atoms with Gasteiger partial charge in [0, 0.05) is 12.2 Å². The lowest BCUT2D eigenvalue weighted by Gasteiger charge is -2.01. The Bertz CT molecular complexity index is 403. The van der Waals surface area contributed by atoms with Crippen LogP contribution in [-0.4, -0.2) is 16.0 Å². The highest BCUT2D eigenvalue weighted by Crippen LogP contribution is 2.20. The molecular formula is C11H15N3S. The number of nitrogens with zero attached hydrogens (tertiary/aromatic N) is 2. The van der Waals surface area contributed by atoms with Crippen molar-refractivity contribution in [2.45, 2.75) is 32.2 Å². The Hall–Kier alpha value is -1.00. The van der Waals surface area contributed by atoms with Gasteiger partial charge < -0.3 is 5.73 Å². The van der Waals surface area contributed by atoms with Gasteiger partial charge in [0.1, 0.15) is 10.3 Å². The molecule has 15 heavy (non-hydrogen) atoms. The van der Waals surface area contributed by atoms with Gasteiger partial charge in [-0.3, -0.25) is 0 Å². The van der Waals surface area contributed by atoms with Crippen molar-refractivity contribution in [3.05, 3.63) is 23.3 Å². The highest BCUT2D eigenvalue weighted by molar-refractivity contribution is 7.18. The van der Waals surface area contributed by atoms with Gasteiger partial charge in [-0.1, -0.05) is 11.3 Å². The van der Waals surface area contributed by atoms with E-state index in [-0.39, 0.29) is 6.04 Å². The Kier molecular flexibility index (Phi) is 3.28. The van der Waals surface area contributed by atoms with Crippen molar-refractivity contribution >= 4 is 21.7 Å². The molecule has 0 saturated heterocycles. The summed E-state index contributed by atoms with van der Waals surface area (Å²) in [6, 6.07) is 4.22. The molecule has 2 N–H and O–H groups in total. The molecule has 0 radical (unpaired) electrons. The maximum atomic E-state index is 5.70. The minimum atomic E-state index is 0.289. The third-order valence-electron chi connectivity index (χ3n) is 2.26. The monoisotopic (exact) mass is 221 g/mol. The minimum absolute atomic E-state index is 0.289. The Morgan fingerprint density at radius 3 is 3.13 bits per heavy atom. The summed E-state index contributed by atoms with van der Waals surface area (Å²) in [5.41, 5.74) is 6.71. The van der Waals surface area contributed by atoms with E-state index in [4.69, 9.17) is 5.73 Å². The first-order valence-corrected chi connectivity index (χ1v) is 6.03. The van der Waals surface area contributed by atoms with E-state index in [0.717, 1.165) is 29.6 Å². The largest absolute Gasteiger partial charge is 0.328 e. The number of hydrogen-bond acceptors (Lipinski definition) is 4. The molecule has 0 amide bonds. The van der Waals surface area contributed by atoms with Gasteiger partial charge in [-0.2, -0.15) is 0 Å². The van der Waals surface area contributed by atoms with Crippen LogP contribution in [-0.2, 0) is 6.42 Å². The number of aromatic nitrogens is 2. The van der Waals surface area contributed by atoms with Crippen LogP contribution >= 0.6 is 11.3 Å². The molecule has 80 valence electrons. The molecule has 4 heteroatoms. The lowest BCUT2D eigenvalue weighted by molar-refractivity contribution is 0.623. The molecule has 0 aliphatic heterocycles. The summed E-state index contributed by atoms with van der Waals surface area (Å²) in [6.45, 7) is 2.04. The van der Waals surface area contributed by atoms with Crippen molar-refractivity contribution in [2.75, 3.05) is 0 Å². The molecule has 2 heterocycles. The van der Waals surface area contributed by atoms with Crippen LogP contribution in [0.5, 0.6) is 0 Å². The summed E-state index contributed by atoms with van der Waals surface area (Å²) >= 11 is 1.69. The second-order valence-corrected chi connectivity index (χ2v) is 4.87. The number of nitrogens with two attached hydrogens (primary N) is 1. The number of fused-ring (bicyclic) bond motifs is 1. The van der Waals surface area contributed by atoms with Crippen LogP contribution in [0.4, 0.5) is 0 Å². The van der Waals surface area contributed by atoms with Gasteiger partial charge in [-0.25, -0.2) is 9.97 Å². The Labute approximate surface area is 93.4 Å². The Morgan fingerprint density at radius 2 is 2.40 bits per heavy atom. The third kappa shape index (κ3) is 2.73. The molecule has 0 spiro atoms.